The van der Waals surface area contributed by atoms with Crippen molar-refractivity contribution in [1.82, 2.24) is 9.88 Å². The maximum absolute atomic E-state index is 14.0. The Morgan fingerprint density at radius 3 is 2.21 bits per heavy atom. The van der Waals surface area contributed by atoms with E-state index in [1.165, 1.54) is 17.5 Å². The van der Waals surface area contributed by atoms with Crippen LogP contribution in [0.5, 0.6) is 0 Å². The SMILES string of the molecule is Cn1c(C(=O)N[C@H]2C[C@H](C(=O)O)C2)cc(-c2cc(C(C)(C)C)cc(C3(C)CC3)c2)c1C(=O)C1CCCCC1. The number of carboxylic acid groups (broad SMARTS) is 1. The van der Waals surface area contributed by atoms with Crippen LogP contribution in [-0.2, 0) is 22.7 Å². The molecule has 5 rings (SSSR count). The number of rotatable bonds is 7. The number of nitrogens with zero attached hydrogens (tertiary/aromatic N) is 1. The highest BCUT2D eigenvalue weighted by atomic mass is 16.4. The van der Waals surface area contributed by atoms with Gasteiger partial charge in [0.1, 0.15) is 5.69 Å². The van der Waals surface area contributed by atoms with Gasteiger partial charge < -0.3 is 15.0 Å². The molecule has 38 heavy (non-hydrogen) atoms. The molecule has 0 spiro atoms. The Labute approximate surface area is 226 Å². The summed E-state index contributed by atoms with van der Waals surface area (Å²) in [5.41, 5.74) is 5.58. The van der Waals surface area contributed by atoms with Crippen LogP contribution in [-0.4, -0.2) is 33.4 Å². The van der Waals surface area contributed by atoms with Crippen LogP contribution >= 0.6 is 0 Å². The van der Waals surface area contributed by atoms with Gasteiger partial charge in [-0.15, -0.1) is 0 Å². The smallest absolute Gasteiger partial charge is 0.306 e. The van der Waals surface area contributed by atoms with Crippen LogP contribution in [0.15, 0.2) is 24.3 Å². The van der Waals surface area contributed by atoms with Crippen molar-refractivity contribution < 1.29 is 19.5 Å². The summed E-state index contributed by atoms with van der Waals surface area (Å²) >= 11 is 0. The first-order valence-corrected chi connectivity index (χ1v) is 14.3. The molecule has 0 saturated heterocycles. The molecule has 1 heterocycles. The van der Waals surface area contributed by atoms with Crippen LogP contribution in [0.4, 0.5) is 0 Å². The predicted molar refractivity (Wildman–Crippen MR) is 149 cm³/mol. The van der Waals surface area contributed by atoms with E-state index < -0.39 is 11.9 Å². The highest BCUT2D eigenvalue weighted by Crippen LogP contribution is 2.49. The molecule has 3 fully saturated rings. The van der Waals surface area contributed by atoms with E-state index in [-0.39, 0.29) is 34.5 Å². The van der Waals surface area contributed by atoms with Crippen molar-refractivity contribution in [3.05, 3.63) is 46.8 Å². The first-order valence-electron chi connectivity index (χ1n) is 14.3. The molecule has 0 aliphatic heterocycles. The average molecular weight is 519 g/mol. The van der Waals surface area contributed by atoms with E-state index in [2.05, 4.69) is 51.2 Å². The third-order valence-electron chi connectivity index (χ3n) is 9.30. The fraction of sp³-hybridized carbons (Fsp3) is 0.594. The lowest BCUT2D eigenvalue weighted by molar-refractivity contribution is -0.145. The molecule has 3 saturated carbocycles. The van der Waals surface area contributed by atoms with Gasteiger partial charge in [-0.25, -0.2) is 0 Å². The van der Waals surface area contributed by atoms with Crippen LogP contribution in [0, 0.1) is 11.8 Å². The summed E-state index contributed by atoms with van der Waals surface area (Å²) in [5, 5.41) is 12.2. The van der Waals surface area contributed by atoms with Crippen molar-refractivity contribution in [2.24, 2.45) is 18.9 Å². The summed E-state index contributed by atoms with van der Waals surface area (Å²) in [6, 6.07) is 8.50. The third kappa shape index (κ3) is 5.06. The summed E-state index contributed by atoms with van der Waals surface area (Å²) in [7, 11) is 1.83. The standard InChI is InChI=1S/C32H42N2O4/c1-31(2,3)22-13-20(14-23(17-22)32(4)11-12-32)25-18-26(29(36)33-24-15-21(16-24)30(37)38)34(5)27(25)28(35)19-9-7-6-8-10-19/h13-14,17-19,21,24H,6-12,15-16H2,1-5H3,(H,33,36)(H,37,38)/t21-,24-. The van der Waals surface area contributed by atoms with Gasteiger partial charge in [-0.1, -0.05) is 65.2 Å². The van der Waals surface area contributed by atoms with Crippen LogP contribution in [0.2, 0.25) is 0 Å². The van der Waals surface area contributed by atoms with Crippen LogP contribution in [0.1, 0.15) is 118 Å². The summed E-state index contributed by atoms with van der Waals surface area (Å²) in [5.74, 6) is -1.32. The number of carbonyl (C=O) groups excluding carboxylic acids is 2. The zero-order valence-corrected chi connectivity index (χ0v) is 23.5. The number of carboxylic acids is 1. The van der Waals surface area contributed by atoms with Gasteiger partial charge in [0.05, 0.1) is 11.6 Å². The average Bonchev–Trinajstić information content (AvgIpc) is 3.51. The van der Waals surface area contributed by atoms with Crippen molar-refractivity contribution >= 4 is 17.7 Å². The molecule has 2 aromatic rings. The number of hydrogen-bond donors (Lipinski definition) is 2. The second-order valence-corrected chi connectivity index (χ2v) is 13.3. The van der Waals surface area contributed by atoms with Crippen molar-refractivity contribution in [1.29, 1.82) is 0 Å². The summed E-state index contributed by atoms with van der Waals surface area (Å²) in [6.45, 7) is 8.95. The second kappa shape index (κ2) is 9.69. The molecule has 204 valence electrons. The molecular formula is C32H42N2O4. The van der Waals surface area contributed by atoms with Gasteiger partial charge >= 0.3 is 5.97 Å². The molecule has 0 bridgehead atoms. The van der Waals surface area contributed by atoms with E-state index >= 15 is 0 Å². The van der Waals surface area contributed by atoms with Crippen LogP contribution in [0.25, 0.3) is 11.1 Å². The third-order valence-corrected chi connectivity index (χ3v) is 9.30. The fourth-order valence-corrected chi connectivity index (χ4v) is 6.13. The minimum absolute atomic E-state index is 0.0128. The number of aliphatic carboxylic acids is 1. The second-order valence-electron chi connectivity index (χ2n) is 13.3. The Morgan fingerprint density at radius 2 is 1.63 bits per heavy atom. The number of ketones is 1. The Morgan fingerprint density at radius 1 is 0.974 bits per heavy atom. The quantitative estimate of drug-likeness (QED) is 0.415. The molecule has 2 N–H and O–H groups in total. The lowest BCUT2D eigenvalue weighted by atomic mass is 9.80. The predicted octanol–water partition coefficient (Wildman–Crippen LogP) is 6.40. The first-order chi connectivity index (χ1) is 17.9. The fourth-order valence-electron chi connectivity index (χ4n) is 6.13. The Bertz CT molecular complexity index is 1240. The Hall–Kier alpha value is -2.89. The number of amides is 1. The summed E-state index contributed by atoms with van der Waals surface area (Å²) in [4.78, 5) is 38.6. The zero-order chi connectivity index (χ0) is 27.4. The van der Waals surface area contributed by atoms with Gasteiger partial charge in [0, 0.05) is 24.6 Å². The largest absolute Gasteiger partial charge is 0.481 e. The molecule has 0 unspecified atom stereocenters. The van der Waals surface area contributed by atoms with Gasteiger partial charge in [0.15, 0.2) is 5.78 Å². The molecule has 0 radical (unpaired) electrons. The minimum atomic E-state index is -0.809. The Kier molecular flexibility index (Phi) is 6.81. The lowest BCUT2D eigenvalue weighted by Crippen LogP contribution is -2.47. The van der Waals surface area contributed by atoms with Gasteiger partial charge in [-0.05, 0) is 72.1 Å². The van der Waals surface area contributed by atoms with Gasteiger partial charge in [-0.3, -0.25) is 14.4 Å². The number of benzene rings is 1. The van der Waals surface area contributed by atoms with Gasteiger partial charge in [0.2, 0.25) is 0 Å². The highest BCUT2D eigenvalue weighted by Gasteiger charge is 2.40. The van der Waals surface area contributed by atoms with E-state index in [4.69, 9.17) is 0 Å². The van der Waals surface area contributed by atoms with Crippen molar-refractivity contribution in [3.8, 4) is 11.1 Å². The van der Waals surface area contributed by atoms with Crippen LogP contribution in [0.3, 0.4) is 0 Å². The normalized spacial score (nSPS) is 23.0. The molecule has 1 aromatic carbocycles. The molecule has 3 aliphatic carbocycles. The van der Waals surface area contributed by atoms with Crippen molar-refractivity contribution in [2.45, 2.75) is 102 Å². The van der Waals surface area contributed by atoms with E-state index in [9.17, 15) is 19.5 Å². The Balaban J connectivity index is 1.57. The van der Waals surface area contributed by atoms with E-state index in [0.29, 0.717) is 24.2 Å². The molecule has 1 amide bonds. The van der Waals surface area contributed by atoms with Crippen molar-refractivity contribution in [3.63, 3.8) is 0 Å². The minimum Gasteiger partial charge on any atom is -0.481 e. The molecule has 6 heteroatoms. The van der Waals surface area contributed by atoms with Gasteiger partial charge in [0.25, 0.3) is 5.91 Å². The highest BCUT2D eigenvalue weighted by molar-refractivity contribution is 6.06. The maximum atomic E-state index is 14.0. The monoisotopic (exact) mass is 518 g/mol. The number of hydrogen-bond acceptors (Lipinski definition) is 3. The molecule has 3 aliphatic rings. The van der Waals surface area contributed by atoms with Crippen LogP contribution < -0.4 is 5.32 Å². The lowest BCUT2D eigenvalue weighted by Gasteiger charge is -2.32. The number of carbonyl (C=O) groups is 3. The topological polar surface area (TPSA) is 88.4 Å². The number of Topliss-reactive ketones (excluding diaryl/α,β-unsaturated/α-hetero) is 1. The molecule has 1 aromatic heterocycles. The zero-order valence-electron chi connectivity index (χ0n) is 23.5. The molecule has 6 nitrogen and oxygen atoms in total. The maximum Gasteiger partial charge on any atom is 0.306 e. The first kappa shape index (κ1) is 26.7. The molecular weight excluding hydrogens is 476 g/mol. The van der Waals surface area contributed by atoms with Gasteiger partial charge in [-0.2, -0.15) is 0 Å². The van der Waals surface area contributed by atoms with Crippen molar-refractivity contribution in [2.75, 3.05) is 0 Å². The summed E-state index contributed by atoms with van der Waals surface area (Å²) < 4.78 is 1.79. The number of aromatic nitrogens is 1. The number of nitrogens with one attached hydrogen (secondary N) is 1. The van der Waals surface area contributed by atoms with E-state index in [0.717, 1.165) is 49.7 Å². The van der Waals surface area contributed by atoms with E-state index in [1.54, 1.807) is 4.57 Å². The molecule has 0 atom stereocenters. The van der Waals surface area contributed by atoms with E-state index in [1.807, 2.05) is 13.1 Å². The summed E-state index contributed by atoms with van der Waals surface area (Å²) in [6.07, 6.45) is 8.32.